The highest BCUT2D eigenvalue weighted by atomic mass is 15.2. The quantitative estimate of drug-likeness (QED) is 0.188. The number of hydrogen-bond donors (Lipinski definition) is 0. The monoisotopic (exact) mass is 619 g/mol. The van der Waals surface area contributed by atoms with Crippen LogP contribution >= 0.6 is 0 Å². The molecule has 0 saturated heterocycles. The fourth-order valence-electron chi connectivity index (χ4n) is 7.84. The molecule has 0 N–H and O–H groups in total. The number of aromatic nitrogens is 1. The molecule has 2 aliphatic carbocycles. The number of anilines is 2. The summed E-state index contributed by atoms with van der Waals surface area (Å²) < 4.78 is 2.39. The van der Waals surface area contributed by atoms with Gasteiger partial charge in [0, 0.05) is 39.5 Å². The van der Waals surface area contributed by atoms with Gasteiger partial charge in [0.25, 0.3) is 0 Å². The third kappa shape index (κ3) is 4.53. The van der Waals surface area contributed by atoms with E-state index < -0.39 is 0 Å². The van der Waals surface area contributed by atoms with Crippen molar-refractivity contribution in [1.29, 1.82) is 0 Å². The zero-order valence-corrected chi connectivity index (χ0v) is 27.4. The number of fused-ring (bicyclic) bond motifs is 6. The minimum atomic E-state index is -0.0663. The van der Waals surface area contributed by atoms with E-state index in [1.54, 1.807) is 0 Å². The first-order chi connectivity index (χ1) is 23.6. The van der Waals surface area contributed by atoms with E-state index in [4.69, 9.17) is 4.99 Å². The van der Waals surface area contributed by atoms with Gasteiger partial charge in [-0.3, -0.25) is 4.90 Å². The molecule has 0 amide bonds. The molecule has 0 unspecified atom stereocenters. The molecule has 232 valence electrons. The summed E-state index contributed by atoms with van der Waals surface area (Å²) in [6.45, 7) is 4.68. The van der Waals surface area contributed by atoms with Gasteiger partial charge in [0.15, 0.2) is 0 Å². The summed E-state index contributed by atoms with van der Waals surface area (Å²) >= 11 is 0. The van der Waals surface area contributed by atoms with Crippen LogP contribution in [-0.2, 0) is 5.41 Å². The largest absolute Gasteiger partial charge is 0.309 e. The maximum absolute atomic E-state index is 4.89. The van der Waals surface area contributed by atoms with Gasteiger partial charge < -0.3 is 4.57 Å². The second-order valence-electron chi connectivity index (χ2n) is 13.5. The number of aliphatic imine (C=N–C) groups is 1. The van der Waals surface area contributed by atoms with E-state index in [1.165, 1.54) is 60.9 Å². The molecule has 0 radical (unpaired) electrons. The van der Waals surface area contributed by atoms with Crippen molar-refractivity contribution < 1.29 is 0 Å². The van der Waals surface area contributed by atoms with Gasteiger partial charge in [0.2, 0.25) is 0 Å². The molecule has 0 atom stereocenters. The Bertz CT molecular complexity index is 2390. The van der Waals surface area contributed by atoms with Crippen molar-refractivity contribution >= 4 is 45.1 Å². The van der Waals surface area contributed by atoms with Crippen LogP contribution in [0.25, 0.3) is 49.8 Å². The second kappa shape index (κ2) is 11.2. The van der Waals surface area contributed by atoms with E-state index in [9.17, 15) is 0 Å². The predicted molar refractivity (Wildman–Crippen MR) is 204 cm³/mol. The fourth-order valence-corrected chi connectivity index (χ4v) is 7.84. The Balaban J connectivity index is 1.12. The molecule has 3 heteroatoms. The Morgan fingerprint density at radius 3 is 2.31 bits per heavy atom. The lowest BCUT2D eigenvalue weighted by Crippen LogP contribution is -2.19. The van der Waals surface area contributed by atoms with Crippen LogP contribution in [0.4, 0.5) is 11.4 Å². The summed E-state index contributed by atoms with van der Waals surface area (Å²) in [6.07, 6.45) is 18.3. The lowest BCUT2D eigenvalue weighted by atomic mass is 9.82. The normalized spacial score (nSPS) is 16.0. The standard InChI is InChI=1S/C45H37N3/c1-45(2)40-17-9-7-15-36(40)37-26-25-35(30-41(37)45)47(44-19-11-12-28-46-44)34-23-20-31(21-24-34)32-22-27-43-39(29-32)38-16-8-10-18-42(38)48(43)33-13-5-3-4-6-14-33/h3,5-10,13-30H,4,11-12H2,1-2H3. The zero-order valence-electron chi connectivity index (χ0n) is 27.4. The van der Waals surface area contributed by atoms with E-state index in [2.05, 4.69) is 169 Å². The second-order valence-corrected chi connectivity index (χ2v) is 13.5. The minimum Gasteiger partial charge on any atom is -0.309 e. The molecule has 0 bridgehead atoms. The lowest BCUT2D eigenvalue weighted by Gasteiger charge is -2.29. The van der Waals surface area contributed by atoms with Crippen molar-refractivity contribution in [2.75, 3.05) is 4.90 Å². The number of benzene rings is 5. The van der Waals surface area contributed by atoms with Gasteiger partial charge in [0.05, 0.1) is 11.0 Å². The van der Waals surface area contributed by atoms with E-state index in [0.717, 1.165) is 36.5 Å². The molecule has 5 aromatic carbocycles. The van der Waals surface area contributed by atoms with Gasteiger partial charge in [-0.1, -0.05) is 98.8 Å². The Kier molecular flexibility index (Phi) is 6.69. The molecule has 48 heavy (non-hydrogen) atoms. The fraction of sp³-hybridized carbons (Fsp3) is 0.133. The molecule has 2 heterocycles. The molecule has 3 nitrogen and oxygen atoms in total. The third-order valence-corrected chi connectivity index (χ3v) is 10.3. The van der Waals surface area contributed by atoms with Crippen molar-refractivity contribution in [2.24, 2.45) is 4.99 Å². The molecule has 0 spiro atoms. The van der Waals surface area contributed by atoms with Crippen LogP contribution in [0, 0.1) is 0 Å². The summed E-state index contributed by atoms with van der Waals surface area (Å²) in [4.78, 5) is 7.21. The van der Waals surface area contributed by atoms with Crippen LogP contribution in [0.2, 0.25) is 0 Å². The molecular formula is C45H37N3. The Morgan fingerprint density at radius 2 is 1.44 bits per heavy atom. The minimum absolute atomic E-state index is 0.0663. The van der Waals surface area contributed by atoms with Gasteiger partial charge in [-0.15, -0.1) is 0 Å². The van der Waals surface area contributed by atoms with E-state index in [-0.39, 0.29) is 5.41 Å². The SMILES string of the molecule is CC1(C)c2ccccc2-c2ccc(N(C3=CCCC=N3)c3ccc(-c4ccc5c(c4)c4ccccc4n5C4=CC=CCC=C4)cc3)cc21. The van der Waals surface area contributed by atoms with Gasteiger partial charge in [-0.2, -0.15) is 0 Å². The van der Waals surface area contributed by atoms with Crippen molar-refractivity contribution in [3.8, 4) is 22.3 Å². The molecule has 1 aliphatic heterocycles. The van der Waals surface area contributed by atoms with Crippen LogP contribution in [0.5, 0.6) is 0 Å². The average Bonchev–Trinajstić information content (AvgIpc) is 3.39. The molecule has 0 saturated carbocycles. The lowest BCUT2D eigenvalue weighted by molar-refractivity contribution is 0.660. The van der Waals surface area contributed by atoms with Gasteiger partial charge in [-0.25, -0.2) is 4.99 Å². The topological polar surface area (TPSA) is 20.5 Å². The van der Waals surface area contributed by atoms with Crippen molar-refractivity contribution in [3.05, 3.63) is 163 Å². The molecular weight excluding hydrogens is 583 g/mol. The summed E-state index contributed by atoms with van der Waals surface area (Å²) in [5, 5.41) is 2.53. The van der Waals surface area contributed by atoms with Crippen molar-refractivity contribution in [3.63, 3.8) is 0 Å². The van der Waals surface area contributed by atoms with E-state index in [1.807, 2.05) is 6.21 Å². The first-order valence-electron chi connectivity index (χ1n) is 17.0. The molecule has 3 aliphatic rings. The van der Waals surface area contributed by atoms with Crippen LogP contribution in [0.3, 0.4) is 0 Å². The number of allylic oxidation sites excluding steroid dienone is 7. The van der Waals surface area contributed by atoms with Crippen LogP contribution in [-0.4, -0.2) is 10.8 Å². The van der Waals surface area contributed by atoms with Crippen LogP contribution < -0.4 is 4.90 Å². The highest BCUT2D eigenvalue weighted by Gasteiger charge is 2.35. The van der Waals surface area contributed by atoms with Gasteiger partial charge in [0.1, 0.15) is 5.82 Å². The van der Waals surface area contributed by atoms with Gasteiger partial charge >= 0.3 is 0 Å². The summed E-state index contributed by atoms with van der Waals surface area (Å²) in [7, 11) is 0. The van der Waals surface area contributed by atoms with Crippen molar-refractivity contribution in [2.45, 2.75) is 38.5 Å². The number of para-hydroxylation sites is 1. The van der Waals surface area contributed by atoms with Gasteiger partial charge in [-0.05, 0) is 113 Å². The first kappa shape index (κ1) is 28.5. The molecule has 1 aromatic heterocycles. The highest BCUT2D eigenvalue weighted by Crippen LogP contribution is 2.50. The third-order valence-electron chi connectivity index (χ3n) is 10.3. The maximum atomic E-state index is 4.89. The van der Waals surface area contributed by atoms with E-state index >= 15 is 0 Å². The Hall–Kier alpha value is -5.67. The van der Waals surface area contributed by atoms with Crippen LogP contribution in [0.1, 0.15) is 44.2 Å². The summed E-state index contributed by atoms with van der Waals surface area (Å²) in [5.41, 5.74) is 13.6. The Morgan fingerprint density at radius 1 is 0.667 bits per heavy atom. The Labute approximate surface area is 282 Å². The highest BCUT2D eigenvalue weighted by molar-refractivity contribution is 6.11. The number of rotatable bonds is 5. The summed E-state index contributed by atoms with van der Waals surface area (Å²) in [6, 6.07) is 40.4. The number of hydrogen-bond acceptors (Lipinski definition) is 2. The van der Waals surface area contributed by atoms with Crippen molar-refractivity contribution in [1.82, 2.24) is 4.57 Å². The van der Waals surface area contributed by atoms with Crippen LogP contribution in [0.15, 0.2) is 156 Å². The maximum Gasteiger partial charge on any atom is 0.133 e. The molecule has 0 fully saturated rings. The smallest absolute Gasteiger partial charge is 0.133 e. The molecule has 9 rings (SSSR count). The first-order valence-corrected chi connectivity index (χ1v) is 17.0. The van der Waals surface area contributed by atoms with E-state index in [0.29, 0.717) is 0 Å². The molecule has 6 aromatic rings. The zero-order chi connectivity index (χ0) is 32.2. The average molecular weight is 620 g/mol. The summed E-state index contributed by atoms with van der Waals surface area (Å²) in [5.74, 6) is 0.980. The predicted octanol–water partition coefficient (Wildman–Crippen LogP) is 12.0. The number of nitrogens with zero attached hydrogens (tertiary/aromatic N) is 3.